The highest BCUT2D eigenvalue weighted by atomic mass is 16.3. The molecular formula is C12H22N4O2. The van der Waals surface area contributed by atoms with Gasteiger partial charge in [0, 0.05) is 13.1 Å². The van der Waals surface area contributed by atoms with Crippen molar-refractivity contribution in [2.24, 2.45) is 11.7 Å². The fourth-order valence-electron chi connectivity index (χ4n) is 1.31. The van der Waals surface area contributed by atoms with Crippen molar-refractivity contribution in [2.45, 2.75) is 19.9 Å². The van der Waals surface area contributed by atoms with Crippen molar-refractivity contribution in [3.63, 3.8) is 0 Å². The van der Waals surface area contributed by atoms with Crippen LogP contribution in [0.3, 0.4) is 0 Å². The second kappa shape index (κ2) is 6.51. The highest BCUT2D eigenvalue weighted by Gasteiger charge is 2.19. The molecule has 1 atom stereocenters. The molecule has 1 aromatic heterocycles. The van der Waals surface area contributed by atoms with Gasteiger partial charge in [-0.15, -0.1) is 0 Å². The van der Waals surface area contributed by atoms with Gasteiger partial charge in [-0.1, -0.05) is 13.8 Å². The molecular weight excluding hydrogens is 232 g/mol. The number of nitrogens with one attached hydrogen (secondary N) is 1. The first kappa shape index (κ1) is 14.7. The van der Waals surface area contributed by atoms with Crippen molar-refractivity contribution in [1.82, 2.24) is 15.2 Å². The van der Waals surface area contributed by atoms with Crippen LogP contribution in [0.4, 0.5) is 0 Å². The maximum Gasteiger partial charge on any atom is 0.273 e. The fraction of sp³-hybridized carbons (Fsp3) is 0.667. The number of likely N-dealkylation sites (N-methyl/N-ethyl adjacent to an activating group) is 1. The van der Waals surface area contributed by atoms with Crippen LogP contribution in [0.2, 0.25) is 0 Å². The average Bonchev–Trinajstić information content (AvgIpc) is 2.76. The zero-order valence-electron chi connectivity index (χ0n) is 11.4. The van der Waals surface area contributed by atoms with Crippen LogP contribution in [0.5, 0.6) is 0 Å². The molecule has 102 valence electrons. The standard InChI is InChI=1S/C12H22N4O2/c1-8(2)10(13)12-15-9(7-18-12)11(17)14-5-6-16(3)4/h7-8,10H,5-6,13H2,1-4H3,(H,14,17). The van der Waals surface area contributed by atoms with E-state index < -0.39 is 0 Å². The molecule has 0 aromatic carbocycles. The molecule has 1 rings (SSSR count). The first-order valence-corrected chi connectivity index (χ1v) is 6.05. The fourth-order valence-corrected chi connectivity index (χ4v) is 1.31. The van der Waals surface area contributed by atoms with Gasteiger partial charge in [-0.25, -0.2) is 4.98 Å². The first-order chi connectivity index (χ1) is 8.41. The lowest BCUT2D eigenvalue weighted by atomic mass is 10.1. The molecule has 0 aliphatic heterocycles. The SMILES string of the molecule is CC(C)C(N)c1nc(C(=O)NCCN(C)C)co1. The second-order valence-electron chi connectivity index (χ2n) is 4.90. The van der Waals surface area contributed by atoms with E-state index in [1.54, 1.807) is 0 Å². The maximum atomic E-state index is 11.7. The predicted molar refractivity (Wildman–Crippen MR) is 69.2 cm³/mol. The topological polar surface area (TPSA) is 84.4 Å². The number of nitrogens with zero attached hydrogens (tertiary/aromatic N) is 2. The minimum atomic E-state index is -0.284. The van der Waals surface area contributed by atoms with E-state index in [0.717, 1.165) is 6.54 Å². The van der Waals surface area contributed by atoms with E-state index in [4.69, 9.17) is 10.2 Å². The van der Waals surface area contributed by atoms with Crippen LogP contribution in [-0.2, 0) is 0 Å². The van der Waals surface area contributed by atoms with Crippen LogP contribution in [0.15, 0.2) is 10.7 Å². The number of carbonyl (C=O) groups excluding carboxylic acids is 1. The van der Waals surface area contributed by atoms with Crippen molar-refractivity contribution in [1.29, 1.82) is 0 Å². The molecule has 0 saturated carbocycles. The summed E-state index contributed by atoms with van der Waals surface area (Å²) in [6.07, 6.45) is 1.35. The zero-order chi connectivity index (χ0) is 13.7. The smallest absolute Gasteiger partial charge is 0.273 e. The Balaban J connectivity index is 2.54. The molecule has 0 fully saturated rings. The number of nitrogens with two attached hydrogens (primary N) is 1. The minimum absolute atomic E-state index is 0.216. The van der Waals surface area contributed by atoms with Crippen LogP contribution < -0.4 is 11.1 Å². The molecule has 18 heavy (non-hydrogen) atoms. The number of hydrogen-bond donors (Lipinski definition) is 2. The van der Waals surface area contributed by atoms with Crippen LogP contribution >= 0.6 is 0 Å². The highest BCUT2D eigenvalue weighted by Crippen LogP contribution is 2.17. The number of aromatic nitrogens is 1. The van der Waals surface area contributed by atoms with Gasteiger partial charge in [-0.05, 0) is 20.0 Å². The van der Waals surface area contributed by atoms with Crippen LogP contribution in [0, 0.1) is 5.92 Å². The Labute approximate surface area is 108 Å². The van der Waals surface area contributed by atoms with Crippen molar-refractivity contribution >= 4 is 5.91 Å². The summed E-state index contributed by atoms with van der Waals surface area (Å²) in [6.45, 7) is 5.31. The summed E-state index contributed by atoms with van der Waals surface area (Å²) in [5, 5.41) is 2.77. The summed E-state index contributed by atoms with van der Waals surface area (Å²) in [7, 11) is 3.89. The highest BCUT2D eigenvalue weighted by molar-refractivity contribution is 5.91. The van der Waals surface area contributed by atoms with Crippen LogP contribution in [0.1, 0.15) is 36.3 Å². The van der Waals surface area contributed by atoms with Gasteiger partial charge in [0.15, 0.2) is 5.69 Å². The molecule has 0 aliphatic carbocycles. The van der Waals surface area contributed by atoms with Crippen LogP contribution in [0.25, 0.3) is 0 Å². The molecule has 1 amide bonds. The van der Waals surface area contributed by atoms with Gasteiger partial charge in [0.2, 0.25) is 5.89 Å². The van der Waals surface area contributed by atoms with Gasteiger partial charge in [-0.3, -0.25) is 4.79 Å². The third-order valence-electron chi connectivity index (χ3n) is 2.60. The second-order valence-corrected chi connectivity index (χ2v) is 4.90. The lowest BCUT2D eigenvalue weighted by Crippen LogP contribution is -2.31. The van der Waals surface area contributed by atoms with Gasteiger partial charge in [0.05, 0.1) is 6.04 Å². The molecule has 1 aromatic rings. The summed E-state index contributed by atoms with van der Waals surface area (Å²) in [5.74, 6) is 0.388. The Kier molecular flexibility index (Phi) is 5.30. The molecule has 3 N–H and O–H groups in total. The van der Waals surface area contributed by atoms with E-state index in [-0.39, 0.29) is 23.6 Å². The molecule has 0 bridgehead atoms. The Bertz CT molecular complexity index is 387. The number of hydrogen-bond acceptors (Lipinski definition) is 5. The predicted octanol–water partition coefficient (Wildman–Crippen LogP) is 0.622. The van der Waals surface area contributed by atoms with Crippen molar-refractivity contribution in [2.75, 3.05) is 27.2 Å². The summed E-state index contributed by atoms with van der Waals surface area (Å²) >= 11 is 0. The molecule has 6 nitrogen and oxygen atoms in total. The van der Waals surface area contributed by atoms with Crippen molar-refractivity contribution in [3.05, 3.63) is 17.8 Å². The van der Waals surface area contributed by atoms with E-state index in [9.17, 15) is 4.79 Å². The third kappa shape index (κ3) is 4.12. The minimum Gasteiger partial charge on any atom is -0.446 e. The zero-order valence-corrected chi connectivity index (χ0v) is 11.4. The quantitative estimate of drug-likeness (QED) is 0.777. The van der Waals surface area contributed by atoms with Gasteiger partial charge >= 0.3 is 0 Å². The largest absolute Gasteiger partial charge is 0.446 e. The van der Waals surface area contributed by atoms with E-state index in [1.165, 1.54) is 6.26 Å². The lowest BCUT2D eigenvalue weighted by molar-refractivity contribution is 0.0946. The summed E-state index contributed by atoms with van der Waals surface area (Å²) < 4.78 is 5.23. The third-order valence-corrected chi connectivity index (χ3v) is 2.60. The molecule has 1 unspecified atom stereocenters. The van der Waals surface area contributed by atoms with Crippen molar-refractivity contribution in [3.8, 4) is 0 Å². The van der Waals surface area contributed by atoms with E-state index in [2.05, 4.69) is 10.3 Å². The van der Waals surface area contributed by atoms with E-state index in [0.29, 0.717) is 12.4 Å². The molecule has 0 saturated heterocycles. The Hall–Kier alpha value is -1.40. The number of amides is 1. The summed E-state index contributed by atoms with van der Waals surface area (Å²) in [5.41, 5.74) is 6.17. The van der Waals surface area contributed by atoms with E-state index >= 15 is 0 Å². The Morgan fingerprint density at radius 2 is 2.22 bits per heavy atom. The summed E-state index contributed by atoms with van der Waals surface area (Å²) in [6, 6.07) is -0.284. The van der Waals surface area contributed by atoms with Crippen molar-refractivity contribution < 1.29 is 9.21 Å². The first-order valence-electron chi connectivity index (χ1n) is 6.05. The van der Waals surface area contributed by atoms with Gasteiger partial charge in [0.25, 0.3) is 5.91 Å². The van der Waals surface area contributed by atoms with Gasteiger partial charge in [-0.2, -0.15) is 0 Å². The maximum absolute atomic E-state index is 11.7. The number of carbonyl (C=O) groups is 1. The number of oxazole rings is 1. The molecule has 0 aliphatic rings. The molecule has 0 radical (unpaired) electrons. The molecule has 1 heterocycles. The van der Waals surface area contributed by atoms with Crippen LogP contribution in [-0.4, -0.2) is 43.0 Å². The lowest BCUT2D eigenvalue weighted by Gasteiger charge is -2.10. The average molecular weight is 254 g/mol. The normalized spacial score (nSPS) is 13.1. The van der Waals surface area contributed by atoms with Gasteiger partial charge in [0.1, 0.15) is 6.26 Å². The molecule has 6 heteroatoms. The van der Waals surface area contributed by atoms with Gasteiger partial charge < -0.3 is 20.4 Å². The monoisotopic (exact) mass is 254 g/mol. The Morgan fingerprint density at radius 3 is 2.78 bits per heavy atom. The summed E-state index contributed by atoms with van der Waals surface area (Å²) in [4.78, 5) is 17.8. The number of rotatable bonds is 6. The van der Waals surface area contributed by atoms with E-state index in [1.807, 2.05) is 32.8 Å². The molecule has 0 spiro atoms. The Morgan fingerprint density at radius 1 is 1.56 bits per heavy atom.